The molecule has 0 spiro atoms. The molecular weight excluding hydrogens is 459 g/mol. The van der Waals surface area contributed by atoms with Gasteiger partial charge in [-0.15, -0.1) is 0 Å². The van der Waals surface area contributed by atoms with Gasteiger partial charge in [0.15, 0.2) is 0 Å². The molecule has 3 aromatic carbocycles. The Balaban J connectivity index is 1.58. The third kappa shape index (κ3) is 5.98. The van der Waals surface area contributed by atoms with Gasteiger partial charge in [-0.05, 0) is 59.8 Å². The molecular formula is C25H22F3N5O2. The second-order valence-electron chi connectivity index (χ2n) is 7.59. The van der Waals surface area contributed by atoms with Gasteiger partial charge in [0, 0.05) is 24.2 Å². The van der Waals surface area contributed by atoms with Gasteiger partial charge in [0.25, 0.3) is 0 Å². The molecule has 1 heterocycles. The van der Waals surface area contributed by atoms with E-state index >= 15 is 0 Å². The molecule has 7 nitrogen and oxygen atoms in total. The summed E-state index contributed by atoms with van der Waals surface area (Å²) in [7, 11) is 0. The lowest BCUT2D eigenvalue weighted by molar-refractivity contribution is -0.138. The van der Waals surface area contributed by atoms with E-state index in [1.54, 1.807) is 48.8 Å². The van der Waals surface area contributed by atoms with E-state index in [0.717, 1.165) is 17.0 Å². The van der Waals surface area contributed by atoms with Gasteiger partial charge in [0.2, 0.25) is 0 Å². The lowest BCUT2D eigenvalue weighted by Gasteiger charge is -2.16. The smallest absolute Gasteiger partial charge is 0.420 e. The standard InChI is InChI=1S/C25H22F3N5O2/c26-25(27,28)21-14-19(34-22-6-2-4-17-11-12-31-15-20(17)22)8-9-23(21)35-18-5-1-3-16(13-18)7-10-24(29)32-33-30/h1-6,8-9,11-15,33H,7,10,30H2,(H2,29,32). The Bertz CT molecular complexity index is 1350. The Hall–Kier alpha value is -4.31. The lowest BCUT2D eigenvalue weighted by Crippen LogP contribution is -2.22. The molecule has 180 valence electrons. The van der Waals surface area contributed by atoms with E-state index in [1.165, 1.54) is 12.1 Å². The Kier molecular flexibility index (Phi) is 7.02. The number of hydrogen-bond donors (Lipinski definition) is 3. The van der Waals surface area contributed by atoms with Crippen molar-refractivity contribution in [2.75, 3.05) is 0 Å². The highest BCUT2D eigenvalue weighted by molar-refractivity contribution is 5.87. The summed E-state index contributed by atoms with van der Waals surface area (Å²) in [5.41, 5.74) is 7.67. The molecule has 0 bridgehead atoms. The highest BCUT2D eigenvalue weighted by Crippen LogP contribution is 2.41. The number of aromatic nitrogens is 1. The van der Waals surface area contributed by atoms with Crippen LogP contribution in [0.4, 0.5) is 13.2 Å². The highest BCUT2D eigenvalue weighted by Gasteiger charge is 2.35. The number of pyridine rings is 1. The van der Waals surface area contributed by atoms with Crippen LogP contribution in [0.3, 0.4) is 0 Å². The van der Waals surface area contributed by atoms with Crippen LogP contribution in [-0.4, -0.2) is 10.8 Å². The summed E-state index contributed by atoms with van der Waals surface area (Å²) in [6.07, 6.45) is -0.502. The molecule has 0 aliphatic heterocycles. The first kappa shape index (κ1) is 23.8. The SMILES string of the molecule is NN/N=C(\N)CCc1cccc(Oc2ccc(Oc3cccc4ccncc34)cc2C(F)(F)F)c1. The highest BCUT2D eigenvalue weighted by atomic mass is 19.4. The molecule has 0 radical (unpaired) electrons. The number of nitrogens with zero attached hydrogens (tertiary/aromatic N) is 2. The van der Waals surface area contributed by atoms with Crippen LogP contribution < -0.4 is 26.6 Å². The van der Waals surface area contributed by atoms with E-state index in [1.807, 2.05) is 12.1 Å². The molecule has 0 fully saturated rings. The van der Waals surface area contributed by atoms with Crippen LogP contribution in [0.15, 0.2) is 84.2 Å². The second kappa shape index (κ2) is 10.3. The zero-order chi connectivity index (χ0) is 24.8. The van der Waals surface area contributed by atoms with Crippen LogP contribution in [0.5, 0.6) is 23.0 Å². The van der Waals surface area contributed by atoms with Gasteiger partial charge in [0.1, 0.15) is 34.4 Å². The van der Waals surface area contributed by atoms with Crippen LogP contribution >= 0.6 is 0 Å². The Morgan fingerprint density at radius 3 is 2.51 bits per heavy atom. The summed E-state index contributed by atoms with van der Waals surface area (Å²) in [6.45, 7) is 0. The molecule has 0 saturated carbocycles. The third-order valence-electron chi connectivity index (χ3n) is 5.13. The van der Waals surface area contributed by atoms with E-state index in [0.29, 0.717) is 29.8 Å². The van der Waals surface area contributed by atoms with E-state index < -0.39 is 11.7 Å². The monoisotopic (exact) mass is 481 g/mol. The van der Waals surface area contributed by atoms with Gasteiger partial charge in [0.05, 0.1) is 0 Å². The zero-order valence-electron chi connectivity index (χ0n) is 18.4. The lowest BCUT2D eigenvalue weighted by atomic mass is 10.1. The Morgan fingerprint density at radius 2 is 1.71 bits per heavy atom. The maximum atomic E-state index is 13.9. The molecule has 0 unspecified atom stereocenters. The fourth-order valence-electron chi connectivity index (χ4n) is 3.49. The van der Waals surface area contributed by atoms with Crippen molar-refractivity contribution in [1.82, 2.24) is 10.5 Å². The van der Waals surface area contributed by atoms with E-state index in [4.69, 9.17) is 21.1 Å². The number of hydrazine groups is 1. The number of nitrogens with two attached hydrogens (primary N) is 2. The molecule has 0 amide bonds. The van der Waals surface area contributed by atoms with Crippen LogP contribution in [0, 0.1) is 0 Å². The molecule has 10 heteroatoms. The van der Waals surface area contributed by atoms with Gasteiger partial charge < -0.3 is 15.2 Å². The number of nitrogens with one attached hydrogen (secondary N) is 1. The van der Waals surface area contributed by atoms with Gasteiger partial charge in [-0.3, -0.25) is 4.98 Å². The summed E-state index contributed by atoms with van der Waals surface area (Å²) in [5, 5.41) is 5.22. The van der Waals surface area contributed by atoms with Crippen molar-refractivity contribution in [2.24, 2.45) is 16.7 Å². The molecule has 0 atom stereocenters. The van der Waals surface area contributed by atoms with Gasteiger partial charge in [-0.25, -0.2) is 11.4 Å². The number of alkyl halides is 3. The maximum Gasteiger partial charge on any atom is 0.420 e. The second-order valence-corrected chi connectivity index (χ2v) is 7.59. The quantitative estimate of drug-likeness (QED) is 0.133. The van der Waals surface area contributed by atoms with Crippen molar-refractivity contribution in [3.8, 4) is 23.0 Å². The number of aryl methyl sites for hydroxylation is 1. The van der Waals surface area contributed by atoms with E-state index in [2.05, 4.69) is 15.6 Å². The minimum absolute atomic E-state index is 0.0260. The van der Waals surface area contributed by atoms with E-state index in [-0.39, 0.29) is 17.2 Å². The fraction of sp³-hybridized carbons (Fsp3) is 0.120. The number of hydrogen-bond acceptors (Lipinski definition) is 6. The average Bonchev–Trinajstić information content (AvgIpc) is 2.84. The Morgan fingerprint density at radius 1 is 0.943 bits per heavy atom. The minimum Gasteiger partial charge on any atom is -0.457 e. The minimum atomic E-state index is -4.66. The normalized spacial score (nSPS) is 11.9. The molecule has 4 rings (SSSR count). The molecule has 0 saturated heterocycles. The molecule has 4 aromatic rings. The third-order valence-corrected chi connectivity index (χ3v) is 5.13. The van der Waals surface area contributed by atoms with Crippen LogP contribution in [-0.2, 0) is 12.6 Å². The maximum absolute atomic E-state index is 13.9. The van der Waals surface area contributed by atoms with E-state index in [9.17, 15) is 13.2 Å². The molecule has 5 N–H and O–H groups in total. The fourth-order valence-corrected chi connectivity index (χ4v) is 3.49. The van der Waals surface area contributed by atoms with Gasteiger partial charge in [-0.2, -0.15) is 18.3 Å². The van der Waals surface area contributed by atoms with Gasteiger partial charge >= 0.3 is 6.18 Å². The van der Waals surface area contributed by atoms with Crippen molar-refractivity contribution in [3.05, 3.63) is 90.3 Å². The van der Waals surface area contributed by atoms with Crippen LogP contribution in [0.2, 0.25) is 0 Å². The number of ether oxygens (including phenoxy) is 2. The number of fused-ring (bicyclic) bond motifs is 1. The number of rotatable bonds is 8. The Labute approximate surface area is 199 Å². The summed E-state index contributed by atoms with van der Waals surface area (Å²) >= 11 is 0. The van der Waals surface area contributed by atoms with Crippen LogP contribution in [0.1, 0.15) is 17.5 Å². The summed E-state index contributed by atoms with van der Waals surface area (Å²) < 4.78 is 53.1. The molecule has 35 heavy (non-hydrogen) atoms. The number of hydrazone groups is 1. The number of benzene rings is 3. The van der Waals surface area contributed by atoms with Crippen molar-refractivity contribution < 1.29 is 22.6 Å². The average molecular weight is 481 g/mol. The largest absolute Gasteiger partial charge is 0.457 e. The van der Waals surface area contributed by atoms with Crippen molar-refractivity contribution in [3.63, 3.8) is 0 Å². The summed E-state index contributed by atoms with van der Waals surface area (Å²) in [4.78, 5) is 4.07. The molecule has 1 aromatic heterocycles. The number of halogens is 3. The topological polar surface area (TPSA) is 108 Å². The number of amidine groups is 1. The first-order valence-electron chi connectivity index (χ1n) is 10.6. The van der Waals surface area contributed by atoms with Crippen molar-refractivity contribution in [1.29, 1.82) is 0 Å². The predicted molar refractivity (Wildman–Crippen MR) is 127 cm³/mol. The van der Waals surface area contributed by atoms with Crippen molar-refractivity contribution in [2.45, 2.75) is 19.0 Å². The summed E-state index contributed by atoms with van der Waals surface area (Å²) in [6, 6.07) is 17.4. The predicted octanol–water partition coefficient (Wildman–Crippen LogP) is 5.51. The molecule has 0 aliphatic carbocycles. The summed E-state index contributed by atoms with van der Waals surface area (Å²) in [5.74, 6) is 5.74. The first-order chi connectivity index (χ1) is 16.8. The van der Waals surface area contributed by atoms with Gasteiger partial charge in [-0.1, -0.05) is 24.3 Å². The molecule has 0 aliphatic rings. The van der Waals surface area contributed by atoms with Crippen molar-refractivity contribution >= 4 is 16.6 Å². The first-order valence-corrected chi connectivity index (χ1v) is 10.6. The zero-order valence-corrected chi connectivity index (χ0v) is 18.4. The van der Waals surface area contributed by atoms with Crippen LogP contribution in [0.25, 0.3) is 10.8 Å².